The van der Waals surface area contributed by atoms with Crippen LogP contribution in [0.2, 0.25) is 0 Å². The molecule has 0 bridgehead atoms. The number of hydrogen-bond acceptors (Lipinski definition) is 4. The summed E-state index contributed by atoms with van der Waals surface area (Å²) in [6, 6.07) is 5.10. The second kappa shape index (κ2) is 4.40. The normalized spacial score (nSPS) is 10.3. The van der Waals surface area contributed by atoms with Crippen LogP contribution in [0.15, 0.2) is 30.6 Å². The van der Waals surface area contributed by atoms with Crippen LogP contribution in [0.4, 0.5) is 5.69 Å². The third-order valence-electron chi connectivity index (χ3n) is 2.71. The number of pyridine rings is 2. The molecule has 18 heavy (non-hydrogen) atoms. The Kier molecular flexibility index (Phi) is 2.93. The van der Waals surface area contributed by atoms with Crippen molar-refractivity contribution in [2.24, 2.45) is 0 Å². The lowest BCUT2D eigenvalue weighted by molar-refractivity contribution is -0.595. The maximum Gasteiger partial charge on any atom is 0.287 e. The van der Waals surface area contributed by atoms with Crippen molar-refractivity contribution >= 4 is 5.69 Å². The minimum absolute atomic E-state index is 0.0391. The molecule has 0 aliphatic carbocycles. The summed E-state index contributed by atoms with van der Waals surface area (Å²) < 4.78 is 0.625. The van der Waals surface area contributed by atoms with Crippen molar-refractivity contribution in [1.82, 2.24) is 4.98 Å². The molecule has 2 rings (SSSR count). The Labute approximate surface area is 103 Å². The molecule has 0 aliphatic rings. The lowest BCUT2D eigenvalue weighted by atomic mass is 10.1. The molecule has 0 aliphatic heterocycles. The monoisotopic (exact) mass is 245 g/mol. The Morgan fingerprint density at radius 1 is 1.33 bits per heavy atom. The third-order valence-corrected chi connectivity index (χ3v) is 2.71. The standard InChI is InChI=1S/C12H11N3O3/c1-8-7-14(16)12(9(2)11(8)15(17)18)10-5-3-4-6-13-10/h3-7H,1-2H3. The van der Waals surface area contributed by atoms with Gasteiger partial charge in [0.05, 0.1) is 10.5 Å². The van der Waals surface area contributed by atoms with Crippen LogP contribution in [-0.4, -0.2) is 9.91 Å². The molecule has 6 heteroatoms. The molecule has 0 aromatic carbocycles. The van der Waals surface area contributed by atoms with E-state index in [1.807, 2.05) is 0 Å². The maximum absolute atomic E-state index is 11.9. The molecule has 0 fully saturated rings. The van der Waals surface area contributed by atoms with Gasteiger partial charge in [0, 0.05) is 6.20 Å². The highest BCUT2D eigenvalue weighted by Crippen LogP contribution is 2.28. The van der Waals surface area contributed by atoms with E-state index in [9.17, 15) is 15.3 Å². The van der Waals surface area contributed by atoms with Crippen molar-refractivity contribution in [3.8, 4) is 11.4 Å². The molecule has 2 heterocycles. The summed E-state index contributed by atoms with van der Waals surface area (Å²) in [6.07, 6.45) is 2.75. The zero-order valence-corrected chi connectivity index (χ0v) is 9.95. The van der Waals surface area contributed by atoms with Crippen LogP contribution in [-0.2, 0) is 0 Å². The predicted molar refractivity (Wildman–Crippen MR) is 64.8 cm³/mol. The fraction of sp³-hybridized carbons (Fsp3) is 0.167. The minimum Gasteiger partial charge on any atom is -0.618 e. The average Bonchev–Trinajstić information content (AvgIpc) is 2.28. The molecule has 0 unspecified atom stereocenters. The predicted octanol–water partition coefficient (Wildman–Crippen LogP) is 1.91. The van der Waals surface area contributed by atoms with Crippen molar-refractivity contribution in [3.05, 3.63) is 57.0 Å². The Hall–Kier alpha value is -2.50. The number of aryl methyl sites for hydroxylation is 1. The Morgan fingerprint density at radius 2 is 2.06 bits per heavy atom. The molecule has 0 amide bonds. The summed E-state index contributed by atoms with van der Waals surface area (Å²) in [5, 5.41) is 22.9. The van der Waals surface area contributed by atoms with Gasteiger partial charge in [-0.15, -0.1) is 0 Å². The van der Waals surface area contributed by atoms with Crippen molar-refractivity contribution < 1.29 is 9.65 Å². The largest absolute Gasteiger partial charge is 0.618 e. The number of nitrogens with zero attached hydrogens (tertiary/aromatic N) is 3. The Morgan fingerprint density at radius 3 is 2.61 bits per heavy atom. The number of hydrogen-bond donors (Lipinski definition) is 0. The Bertz CT molecular complexity index is 612. The van der Waals surface area contributed by atoms with E-state index in [0.29, 0.717) is 21.6 Å². The minimum atomic E-state index is -0.475. The van der Waals surface area contributed by atoms with Gasteiger partial charge in [0.15, 0.2) is 6.20 Å². The van der Waals surface area contributed by atoms with Gasteiger partial charge in [-0.2, -0.15) is 4.73 Å². The Balaban J connectivity index is 2.76. The van der Waals surface area contributed by atoms with Crippen LogP contribution in [0, 0.1) is 29.2 Å². The number of nitro groups is 1. The van der Waals surface area contributed by atoms with E-state index in [4.69, 9.17) is 0 Å². The van der Waals surface area contributed by atoms with Crippen molar-refractivity contribution in [3.63, 3.8) is 0 Å². The summed E-state index contributed by atoms with van der Waals surface area (Å²) in [5.74, 6) is 0. The second-order valence-corrected chi connectivity index (χ2v) is 3.93. The SMILES string of the molecule is Cc1c[n+]([O-])c(-c2ccccn2)c(C)c1[N+](=O)[O-]. The van der Waals surface area contributed by atoms with Gasteiger partial charge in [-0.3, -0.25) is 10.1 Å². The van der Waals surface area contributed by atoms with E-state index in [1.165, 1.54) is 6.20 Å². The van der Waals surface area contributed by atoms with Gasteiger partial charge in [0.2, 0.25) is 0 Å². The molecular weight excluding hydrogens is 234 g/mol. The zero-order chi connectivity index (χ0) is 13.3. The van der Waals surface area contributed by atoms with Crippen molar-refractivity contribution in [1.29, 1.82) is 0 Å². The molecule has 2 aromatic heterocycles. The highest BCUT2D eigenvalue weighted by atomic mass is 16.6. The van der Waals surface area contributed by atoms with Gasteiger partial charge < -0.3 is 5.21 Å². The van der Waals surface area contributed by atoms with Gasteiger partial charge in [0.1, 0.15) is 11.3 Å². The fourth-order valence-corrected chi connectivity index (χ4v) is 1.96. The van der Waals surface area contributed by atoms with E-state index in [2.05, 4.69) is 4.98 Å². The highest BCUT2D eigenvalue weighted by Gasteiger charge is 2.26. The quantitative estimate of drug-likeness (QED) is 0.350. The molecule has 0 saturated carbocycles. The smallest absolute Gasteiger partial charge is 0.287 e. The first-order valence-electron chi connectivity index (χ1n) is 5.31. The van der Waals surface area contributed by atoms with E-state index in [-0.39, 0.29) is 11.4 Å². The zero-order valence-electron chi connectivity index (χ0n) is 9.95. The summed E-state index contributed by atoms with van der Waals surface area (Å²) in [5.41, 5.74) is 1.27. The molecule has 92 valence electrons. The van der Waals surface area contributed by atoms with E-state index >= 15 is 0 Å². The van der Waals surface area contributed by atoms with Gasteiger partial charge in [-0.05, 0) is 26.0 Å². The summed E-state index contributed by atoms with van der Waals surface area (Å²) >= 11 is 0. The third kappa shape index (κ3) is 1.88. The number of rotatable bonds is 2. The molecule has 0 saturated heterocycles. The molecule has 2 aromatic rings. The van der Waals surface area contributed by atoms with Crippen LogP contribution in [0.5, 0.6) is 0 Å². The molecule has 0 N–H and O–H groups in total. The van der Waals surface area contributed by atoms with E-state index in [0.717, 1.165) is 0 Å². The van der Waals surface area contributed by atoms with E-state index in [1.54, 1.807) is 38.2 Å². The first kappa shape index (κ1) is 12.0. The van der Waals surface area contributed by atoms with Gasteiger partial charge in [-0.1, -0.05) is 6.07 Å². The molecule has 6 nitrogen and oxygen atoms in total. The average molecular weight is 245 g/mol. The van der Waals surface area contributed by atoms with Gasteiger partial charge in [-0.25, -0.2) is 4.98 Å². The molecule has 0 atom stereocenters. The van der Waals surface area contributed by atoms with Crippen LogP contribution in [0.1, 0.15) is 11.1 Å². The summed E-state index contributed by atoms with van der Waals surface area (Å²) in [7, 11) is 0. The highest BCUT2D eigenvalue weighted by molar-refractivity contribution is 5.62. The summed E-state index contributed by atoms with van der Waals surface area (Å²) in [4.78, 5) is 14.6. The van der Waals surface area contributed by atoms with Crippen LogP contribution >= 0.6 is 0 Å². The van der Waals surface area contributed by atoms with Crippen molar-refractivity contribution in [2.75, 3.05) is 0 Å². The molecular formula is C12H11N3O3. The number of aromatic nitrogens is 2. The first-order chi connectivity index (χ1) is 8.52. The first-order valence-corrected chi connectivity index (χ1v) is 5.31. The topological polar surface area (TPSA) is 83.0 Å². The lowest BCUT2D eigenvalue weighted by Crippen LogP contribution is -2.31. The van der Waals surface area contributed by atoms with Gasteiger partial charge in [0.25, 0.3) is 11.4 Å². The summed E-state index contributed by atoms with van der Waals surface area (Å²) in [6.45, 7) is 3.10. The van der Waals surface area contributed by atoms with Crippen molar-refractivity contribution in [2.45, 2.75) is 13.8 Å². The van der Waals surface area contributed by atoms with Crippen LogP contribution < -0.4 is 4.73 Å². The fourth-order valence-electron chi connectivity index (χ4n) is 1.96. The second-order valence-electron chi connectivity index (χ2n) is 3.93. The molecule has 0 spiro atoms. The van der Waals surface area contributed by atoms with Gasteiger partial charge >= 0.3 is 0 Å². The molecule has 0 radical (unpaired) electrons. The van der Waals surface area contributed by atoms with Crippen LogP contribution in [0.3, 0.4) is 0 Å². The maximum atomic E-state index is 11.9. The van der Waals surface area contributed by atoms with E-state index < -0.39 is 4.92 Å². The lowest BCUT2D eigenvalue weighted by Gasteiger charge is -2.08. The van der Waals surface area contributed by atoms with Crippen LogP contribution in [0.25, 0.3) is 11.4 Å².